The summed E-state index contributed by atoms with van der Waals surface area (Å²) in [4.78, 5) is 0.466. The van der Waals surface area contributed by atoms with Crippen LogP contribution >= 0.6 is 11.3 Å². The van der Waals surface area contributed by atoms with Gasteiger partial charge in [0, 0.05) is 4.88 Å². The highest BCUT2D eigenvalue weighted by Crippen LogP contribution is 2.23. The number of aromatic nitrogens is 4. The minimum Gasteiger partial charge on any atom is -0.391 e. The van der Waals surface area contributed by atoms with Crippen molar-refractivity contribution in [3.63, 3.8) is 0 Å². The Hall–Kier alpha value is -1.36. The smallest absolute Gasteiger partial charge is 0.242 e. The van der Waals surface area contributed by atoms with Gasteiger partial charge in [0.2, 0.25) is 10.0 Å². The van der Waals surface area contributed by atoms with Crippen molar-refractivity contribution in [2.45, 2.75) is 24.5 Å². The van der Waals surface area contributed by atoms with Crippen LogP contribution in [0.2, 0.25) is 0 Å². The van der Waals surface area contributed by atoms with Crippen LogP contribution in [-0.2, 0) is 16.6 Å². The molecule has 0 spiro atoms. The molecule has 0 aliphatic heterocycles. The lowest BCUT2D eigenvalue weighted by Gasteiger charge is -2.10. The topological polar surface area (TPSA) is 121 Å². The van der Waals surface area contributed by atoms with Crippen LogP contribution in [0.15, 0.2) is 16.3 Å². The zero-order valence-corrected chi connectivity index (χ0v) is 11.0. The second kappa shape index (κ2) is 5.10. The van der Waals surface area contributed by atoms with Crippen molar-refractivity contribution < 1.29 is 13.5 Å². The number of tetrazole rings is 1. The number of hydrogen-bond donors (Lipinski definition) is 3. The molecule has 98 valence electrons. The fourth-order valence-electron chi connectivity index (χ4n) is 1.39. The standard InChI is InChI=1S/C8H11N5O3S2/c1-5(8-9-12-13-10-8)11-18(15,16)7-2-3-17-6(7)4-14/h2-3,5,11,14H,4H2,1H3,(H,9,10,12,13). The fourth-order valence-corrected chi connectivity index (χ4v) is 3.88. The second-order valence-corrected chi connectivity index (χ2v) is 6.16. The minimum absolute atomic E-state index is 0.0744. The SMILES string of the molecule is CC(NS(=O)(=O)c1ccsc1CO)c1nn[nH]n1. The molecule has 10 heteroatoms. The summed E-state index contributed by atoms with van der Waals surface area (Å²) < 4.78 is 26.6. The number of aliphatic hydroxyl groups excluding tert-OH is 1. The van der Waals surface area contributed by atoms with Crippen LogP contribution in [0.25, 0.3) is 0 Å². The Labute approximate surface area is 107 Å². The van der Waals surface area contributed by atoms with Crippen LogP contribution in [0.1, 0.15) is 23.7 Å². The Morgan fingerprint density at radius 2 is 2.39 bits per heavy atom. The first kappa shape index (κ1) is 13.1. The molecule has 0 aliphatic carbocycles. The predicted octanol–water partition coefficient (Wildman–Crippen LogP) is -0.207. The third kappa shape index (κ3) is 2.56. The first-order valence-corrected chi connectivity index (χ1v) is 7.34. The fraction of sp³-hybridized carbons (Fsp3) is 0.375. The van der Waals surface area contributed by atoms with Gasteiger partial charge in [-0.15, -0.1) is 21.5 Å². The van der Waals surface area contributed by atoms with Gasteiger partial charge in [0.05, 0.1) is 17.5 Å². The summed E-state index contributed by atoms with van der Waals surface area (Å²) >= 11 is 1.18. The van der Waals surface area contributed by atoms with Gasteiger partial charge in [0.25, 0.3) is 0 Å². The number of nitrogens with one attached hydrogen (secondary N) is 2. The number of rotatable bonds is 5. The molecule has 0 saturated heterocycles. The van der Waals surface area contributed by atoms with Crippen molar-refractivity contribution in [1.29, 1.82) is 0 Å². The van der Waals surface area contributed by atoms with Crippen LogP contribution in [0.4, 0.5) is 0 Å². The maximum atomic E-state index is 12.1. The van der Waals surface area contributed by atoms with E-state index in [2.05, 4.69) is 25.3 Å². The Balaban J connectivity index is 2.23. The van der Waals surface area contributed by atoms with E-state index in [1.165, 1.54) is 17.4 Å². The van der Waals surface area contributed by atoms with Gasteiger partial charge >= 0.3 is 0 Å². The molecule has 2 heterocycles. The summed E-state index contributed by atoms with van der Waals surface area (Å²) in [5, 5.41) is 23.7. The lowest BCUT2D eigenvalue weighted by molar-refractivity contribution is 0.282. The molecule has 0 aromatic carbocycles. The third-order valence-corrected chi connectivity index (χ3v) is 4.88. The van der Waals surface area contributed by atoms with E-state index in [0.717, 1.165) is 0 Å². The molecule has 1 unspecified atom stereocenters. The maximum absolute atomic E-state index is 12.1. The average molecular weight is 289 g/mol. The molecule has 0 fully saturated rings. The molecular weight excluding hydrogens is 278 g/mol. The van der Waals surface area contributed by atoms with Gasteiger partial charge in [-0.25, -0.2) is 13.1 Å². The molecule has 8 nitrogen and oxygen atoms in total. The van der Waals surface area contributed by atoms with Crippen LogP contribution in [0.5, 0.6) is 0 Å². The van der Waals surface area contributed by atoms with Crippen LogP contribution in [0.3, 0.4) is 0 Å². The molecule has 0 amide bonds. The van der Waals surface area contributed by atoms with Gasteiger partial charge in [-0.05, 0) is 18.4 Å². The van der Waals surface area contributed by atoms with Crippen LogP contribution < -0.4 is 4.72 Å². The highest BCUT2D eigenvalue weighted by Gasteiger charge is 2.23. The summed E-state index contributed by atoms with van der Waals surface area (Å²) in [6.45, 7) is 1.29. The van der Waals surface area contributed by atoms with E-state index in [0.29, 0.717) is 4.88 Å². The highest BCUT2D eigenvalue weighted by molar-refractivity contribution is 7.89. The Morgan fingerprint density at radius 1 is 1.61 bits per heavy atom. The number of sulfonamides is 1. The van der Waals surface area contributed by atoms with Crippen molar-refractivity contribution in [2.24, 2.45) is 0 Å². The lowest BCUT2D eigenvalue weighted by Crippen LogP contribution is -2.28. The maximum Gasteiger partial charge on any atom is 0.242 e. The highest BCUT2D eigenvalue weighted by atomic mass is 32.2. The monoisotopic (exact) mass is 289 g/mol. The molecule has 2 aromatic heterocycles. The van der Waals surface area contributed by atoms with E-state index < -0.39 is 16.1 Å². The predicted molar refractivity (Wildman–Crippen MR) is 63.2 cm³/mol. The lowest BCUT2D eigenvalue weighted by atomic mass is 10.4. The third-order valence-electron chi connectivity index (χ3n) is 2.22. The van der Waals surface area contributed by atoms with E-state index >= 15 is 0 Å². The summed E-state index contributed by atoms with van der Waals surface area (Å²) in [5.41, 5.74) is 0. The van der Waals surface area contributed by atoms with E-state index in [-0.39, 0.29) is 17.3 Å². The molecule has 0 radical (unpaired) electrons. The van der Waals surface area contributed by atoms with Gasteiger partial charge in [-0.3, -0.25) is 0 Å². The molecule has 0 bridgehead atoms. The summed E-state index contributed by atoms with van der Waals surface area (Å²) in [6.07, 6.45) is 0. The van der Waals surface area contributed by atoms with E-state index in [9.17, 15) is 8.42 Å². The molecule has 18 heavy (non-hydrogen) atoms. The number of aromatic amines is 1. The first-order valence-electron chi connectivity index (χ1n) is 4.97. The van der Waals surface area contributed by atoms with Gasteiger partial charge in [-0.1, -0.05) is 5.21 Å². The van der Waals surface area contributed by atoms with Crippen LogP contribution in [0, 0.1) is 0 Å². The molecule has 2 aromatic rings. The van der Waals surface area contributed by atoms with Crippen molar-refractivity contribution >= 4 is 21.4 Å². The molecular formula is C8H11N5O3S2. The molecule has 3 N–H and O–H groups in total. The molecule has 0 aliphatic rings. The van der Waals surface area contributed by atoms with Crippen molar-refractivity contribution in [3.05, 3.63) is 22.1 Å². The van der Waals surface area contributed by atoms with E-state index in [1.54, 1.807) is 12.3 Å². The van der Waals surface area contributed by atoms with E-state index in [4.69, 9.17) is 5.11 Å². The number of aliphatic hydroxyl groups is 1. The van der Waals surface area contributed by atoms with Crippen molar-refractivity contribution in [3.8, 4) is 0 Å². The Morgan fingerprint density at radius 3 is 3.00 bits per heavy atom. The second-order valence-electron chi connectivity index (χ2n) is 3.48. The van der Waals surface area contributed by atoms with Crippen LogP contribution in [-0.4, -0.2) is 34.1 Å². The molecule has 0 saturated carbocycles. The summed E-state index contributed by atoms with van der Waals surface area (Å²) in [5.74, 6) is 0.249. The van der Waals surface area contributed by atoms with Crippen molar-refractivity contribution in [1.82, 2.24) is 25.3 Å². The largest absolute Gasteiger partial charge is 0.391 e. The Bertz CT molecular complexity index is 606. The zero-order chi connectivity index (χ0) is 13.2. The Kier molecular flexibility index (Phi) is 3.71. The van der Waals surface area contributed by atoms with E-state index in [1.807, 2.05) is 0 Å². The first-order chi connectivity index (χ1) is 8.54. The zero-order valence-electron chi connectivity index (χ0n) is 9.36. The van der Waals surface area contributed by atoms with Gasteiger partial charge in [0.1, 0.15) is 0 Å². The number of thiophene rings is 1. The quantitative estimate of drug-likeness (QED) is 0.700. The van der Waals surface area contributed by atoms with Crippen molar-refractivity contribution in [2.75, 3.05) is 0 Å². The van der Waals surface area contributed by atoms with Gasteiger partial charge in [-0.2, -0.15) is 5.21 Å². The molecule has 2 rings (SSSR count). The van der Waals surface area contributed by atoms with Gasteiger partial charge < -0.3 is 5.11 Å². The number of H-pyrrole nitrogens is 1. The summed E-state index contributed by atoms with van der Waals surface area (Å²) in [7, 11) is -3.71. The number of hydrogen-bond acceptors (Lipinski definition) is 7. The summed E-state index contributed by atoms with van der Waals surface area (Å²) in [6, 6.07) is 0.835. The molecule has 1 atom stereocenters. The number of nitrogens with zero attached hydrogens (tertiary/aromatic N) is 3. The normalized spacial score (nSPS) is 13.7. The van der Waals surface area contributed by atoms with Gasteiger partial charge in [0.15, 0.2) is 5.82 Å². The minimum atomic E-state index is -3.71. The average Bonchev–Trinajstić information content (AvgIpc) is 2.99.